The van der Waals surface area contributed by atoms with Crippen molar-refractivity contribution in [3.8, 4) is 0 Å². The second kappa shape index (κ2) is 10.0. The minimum Gasteiger partial charge on any atom is -0.362 e. The van der Waals surface area contributed by atoms with Gasteiger partial charge in [0.05, 0.1) is 5.69 Å². The van der Waals surface area contributed by atoms with Crippen LogP contribution in [0.1, 0.15) is 60.9 Å². The van der Waals surface area contributed by atoms with Gasteiger partial charge in [0, 0.05) is 37.4 Å². The second-order valence-corrected chi connectivity index (χ2v) is 9.84. The molecule has 2 aliphatic carbocycles. The van der Waals surface area contributed by atoms with E-state index in [1.165, 1.54) is 35.2 Å². The highest BCUT2D eigenvalue weighted by Crippen LogP contribution is 2.29. The first-order chi connectivity index (χ1) is 15.4. The van der Waals surface area contributed by atoms with E-state index in [9.17, 15) is 0 Å². The Morgan fingerprint density at radius 3 is 2.47 bits per heavy atom. The molecule has 7 heteroatoms. The van der Waals surface area contributed by atoms with Gasteiger partial charge in [-0.15, -0.1) is 0 Å². The number of nitrogens with zero attached hydrogens (tertiary/aromatic N) is 3. The molecule has 1 saturated carbocycles. The van der Waals surface area contributed by atoms with Gasteiger partial charge in [-0.1, -0.05) is 12.1 Å². The number of hydrogen-bond donors (Lipinski definition) is 3. The van der Waals surface area contributed by atoms with Crippen molar-refractivity contribution in [2.75, 3.05) is 29.6 Å². The van der Waals surface area contributed by atoms with Crippen LogP contribution in [0.4, 0.5) is 17.5 Å². The molecule has 0 aliphatic heterocycles. The minimum atomic E-state index is 0.403. The smallest absolute Gasteiger partial charge is 0.225 e. The Morgan fingerprint density at radius 2 is 1.72 bits per heavy atom. The Bertz CT molecular complexity index is 965. The summed E-state index contributed by atoms with van der Waals surface area (Å²) in [6.07, 6.45) is 8.95. The molecule has 6 nitrogen and oxygen atoms in total. The predicted molar refractivity (Wildman–Crippen MR) is 138 cm³/mol. The van der Waals surface area contributed by atoms with Gasteiger partial charge in [0.2, 0.25) is 5.95 Å². The lowest BCUT2D eigenvalue weighted by Crippen LogP contribution is -2.42. The number of aryl methyl sites for hydroxylation is 2. The minimum absolute atomic E-state index is 0.403. The average Bonchev–Trinajstić information content (AvgIpc) is 2.77. The van der Waals surface area contributed by atoms with E-state index in [0.717, 1.165) is 56.0 Å². The largest absolute Gasteiger partial charge is 0.362 e. The summed E-state index contributed by atoms with van der Waals surface area (Å²) in [4.78, 5) is 11.9. The molecular weight excluding hydrogens is 416 g/mol. The Morgan fingerprint density at radius 1 is 1.00 bits per heavy atom. The topological polar surface area (TPSA) is 65.1 Å². The normalized spacial score (nSPS) is 20.2. The molecule has 2 aliphatic rings. The summed E-state index contributed by atoms with van der Waals surface area (Å²) in [7, 11) is 4.15. The van der Waals surface area contributed by atoms with Crippen molar-refractivity contribution < 1.29 is 0 Å². The van der Waals surface area contributed by atoms with Crippen LogP contribution < -0.4 is 20.9 Å². The van der Waals surface area contributed by atoms with Gasteiger partial charge in [0.1, 0.15) is 5.82 Å². The maximum atomic E-state index is 5.59. The van der Waals surface area contributed by atoms with Crippen molar-refractivity contribution >= 4 is 34.8 Å². The van der Waals surface area contributed by atoms with Crippen LogP contribution in [0.25, 0.3) is 0 Å². The van der Waals surface area contributed by atoms with Crippen molar-refractivity contribution in [1.29, 1.82) is 0 Å². The molecule has 0 bridgehead atoms. The molecule has 4 rings (SSSR count). The van der Waals surface area contributed by atoms with E-state index in [0.29, 0.717) is 17.2 Å². The van der Waals surface area contributed by atoms with E-state index in [1.807, 2.05) is 0 Å². The number of nitrogens with one attached hydrogen (secondary N) is 3. The van der Waals surface area contributed by atoms with Crippen LogP contribution in [0, 0.1) is 13.8 Å². The van der Waals surface area contributed by atoms with Crippen LogP contribution >= 0.6 is 12.2 Å². The van der Waals surface area contributed by atoms with E-state index in [-0.39, 0.29) is 0 Å². The molecule has 0 amide bonds. The standard InChI is InChI=1S/C25H36N6S/c1-16-8-7-11-21(17(16)2)29-25(32)27-19-14-12-18(13-15-19)26-24-28-22-10-6-5-9-20(22)23(30-24)31(3)4/h7-8,11,18-19H,5-6,9-10,12-15H2,1-4H3,(H,26,28,30)(H2,27,29,32). The molecule has 0 radical (unpaired) electrons. The Hall–Kier alpha value is -2.41. The summed E-state index contributed by atoms with van der Waals surface area (Å²) in [5.41, 5.74) is 6.16. The predicted octanol–water partition coefficient (Wildman–Crippen LogP) is 4.75. The number of rotatable bonds is 5. The molecule has 0 spiro atoms. The summed E-state index contributed by atoms with van der Waals surface area (Å²) >= 11 is 5.59. The maximum absolute atomic E-state index is 5.59. The molecule has 172 valence electrons. The van der Waals surface area contributed by atoms with Gasteiger partial charge in [-0.3, -0.25) is 0 Å². The van der Waals surface area contributed by atoms with Crippen LogP contribution in [-0.2, 0) is 12.8 Å². The van der Waals surface area contributed by atoms with Gasteiger partial charge in [-0.2, -0.15) is 4.98 Å². The van der Waals surface area contributed by atoms with Crippen molar-refractivity contribution in [1.82, 2.24) is 15.3 Å². The molecule has 3 N–H and O–H groups in total. The summed E-state index contributed by atoms with van der Waals surface area (Å²) in [5, 5.41) is 11.2. The Balaban J connectivity index is 1.31. The number of hydrogen-bond acceptors (Lipinski definition) is 5. The summed E-state index contributed by atoms with van der Waals surface area (Å²) in [6, 6.07) is 7.08. The van der Waals surface area contributed by atoms with E-state index >= 15 is 0 Å². The lowest BCUT2D eigenvalue weighted by Gasteiger charge is -2.31. The van der Waals surface area contributed by atoms with E-state index in [2.05, 4.69) is 67.0 Å². The molecular formula is C25H36N6S. The summed E-state index contributed by atoms with van der Waals surface area (Å²) in [6.45, 7) is 4.25. The molecule has 1 aromatic carbocycles. The van der Waals surface area contributed by atoms with Gasteiger partial charge in [0.15, 0.2) is 5.11 Å². The number of fused-ring (bicyclic) bond motifs is 1. The van der Waals surface area contributed by atoms with Crippen LogP contribution in [-0.4, -0.2) is 41.3 Å². The first kappa shape index (κ1) is 22.8. The SMILES string of the molecule is Cc1cccc(NC(=S)NC2CCC(Nc3nc4c(c(N(C)C)n3)CCCC4)CC2)c1C. The van der Waals surface area contributed by atoms with E-state index < -0.39 is 0 Å². The van der Waals surface area contributed by atoms with Gasteiger partial charge < -0.3 is 20.9 Å². The molecule has 32 heavy (non-hydrogen) atoms. The van der Waals surface area contributed by atoms with Crippen molar-refractivity contribution in [3.63, 3.8) is 0 Å². The molecule has 0 unspecified atom stereocenters. The fourth-order valence-electron chi connectivity index (χ4n) is 4.80. The van der Waals surface area contributed by atoms with Gasteiger partial charge in [-0.05, 0) is 94.6 Å². The number of aromatic nitrogens is 2. The van der Waals surface area contributed by atoms with Crippen molar-refractivity contribution in [2.45, 2.75) is 77.3 Å². The first-order valence-electron chi connectivity index (χ1n) is 11.9. The zero-order valence-corrected chi connectivity index (χ0v) is 20.6. The molecule has 0 saturated heterocycles. The average molecular weight is 453 g/mol. The fraction of sp³-hybridized carbons (Fsp3) is 0.560. The lowest BCUT2D eigenvalue weighted by molar-refractivity contribution is 0.387. The monoisotopic (exact) mass is 452 g/mol. The Labute approximate surface area is 197 Å². The van der Waals surface area contributed by atoms with Gasteiger partial charge in [0.25, 0.3) is 0 Å². The number of thiocarbonyl (C=S) groups is 1. The van der Waals surface area contributed by atoms with Gasteiger partial charge >= 0.3 is 0 Å². The van der Waals surface area contributed by atoms with Crippen LogP contribution in [0.15, 0.2) is 18.2 Å². The van der Waals surface area contributed by atoms with Crippen LogP contribution in [0.5, 0.6) is 0 Å². The molecule has 2 aromatic rings. The van der Waals surface area contributed by atoms with Crippen LogP contribution in [0.3, 0.4) is 0 Å². The van der Waals surface area contributed by atoms with Crippen LogP contribution in [0.2, 0.25) is 0 Å². The highest BCUT2D eigenvalue weighted by molar-refractivity contribution is 7.80. The Kier molecular flexibility index (Phi) is 7.13. The zero-order valence-electron chi connectivity index (χ0n) is 19.8. The fourth-order valence-corrected chi connectivity index (χ4v) is 5.08. The summed E-state index contributed by atoms with van der Waals surface area (Å²) < 4.78 is 0. The van der Waals surface area contributed by atoms with E-state index in [1.54, 1.807) is 0 Å². The molecule has 1 heterocycles. The third-order valence-electron chi connectivity index (χ3n) is 6.83. The number of anilines is 3. The summed E-state index contributed by atoms with van der Waals surface area (Å²) in [5.74, 6) is 1.87. The van der Waals surface area contributed by atoms with Crippen molar-refractivity contribution in [2.24, 2.45) is 0 Å². The maximum Gasteiger partial charge on any atom is 0.225 e. The third kappa shape index (κ3) is 5.31. The quantitative estimate of drug-likeness (QED) is 0.566. The molecule has 1 aromatic heterocycles. The highest BCUT2D eigenvalue weighted by Gasteiger charge is 2.24. The molecule has 0 atom stereocenters. The van der Waals surface area contributed by atoms with Gasteiger partial charge in [-0.25, -0.2) is 4.98 Å². The number of benzene rings is 1. The molecule has 1 fully saturated rings. The first-order valence-corrected chi connectivity index (χ1v) is 12.3. The second-order valence-electron chi connectivity index (χ2n) is 9.44. The van der Waals surface area contributed by atoms with Crippen molar-refractivity contribution in [3.05, 3.63) is 40.6 Å². The van der Waals surface area contributed by atoms with E-state index in [4.69, 9.17) is 22.2 Å². The third-order valence-corrected chi connectivity index (χ3v) is 7.05. The lowest BCUT2D eigenvalue weighted by atomic mass is 9.91. The highest BCUT2D eigenvalue weighted by atomic mass is 32.1. The zero-order chi connectivity index (χ0) is 22.7.